The summed E-state index contributed by atoms with van der Waals surface area (Å²) in [5.41, 5.74) is 0. The van der Waals surface area contributed by atoms with Gasteiger partial charge in [-0.25, -0.2) is 13.8 Å². The highest BCUT2D eigenvalue weighted by atomic mass is 19.3. The van der Waals surface area contributed by atoms with Crippen LogP contribution in [0.25, 0.3) is 5.95 Å². The quantitative estimate of drug-likeness (QED) is 0.850. The van der Waals surface area contributed by atoms with E-state index in [-0.39, 0.29) is 17.9 Å². The Balaban J connectivity index is 2.27. The average molecular weight is 256 g/mol. The van der Waals surface area contributed by atoms with Crippen LogP contribution in [0.2, 0.25) is 0 Å². The van der Waals surface area contributed by atoms with E-state index in [9.17, 15) is 8.78 Å². The lowest BCUT2D eigenvalue weighted by Crippen LogP contribution is -2.12. The Kier molecular flexibility index (Phi) is 3.60. The lowest BCUT2D eigenvalue weighted by atomic mass is 10.7. The second-order valence-electron chi connectivity index (χ2n) is 3.16. The minimum Gasteiger partial charge on any atom is -0.457 e. The summed E-state index contributed by atoms with van der Waals surface area (Å²) in [5, 5.41) is 2.69. The van der Waals surface area contributed by atoms with E-state index < -0.39 is 13.0 Å². The summed E-state index contributed by atoms with van der Waals surface area (Å²) in [6, 6.07) is -0.168. The highest BCUT2D eigenvalue weighted by Crippen LogP contribution is 2.11. The molecule has 9 heteroatoms. The second kappa shape index (κ2) is 5.34. The predicted octanol–water partition coefficient (Wildman–Crippen LogP) is 0.743. The molecule has 0 radical (unpaired) electrons. The fourth-order valence-corrected chi connectivity index (χ4v) is 1.15. The van der Waals surface area contributed by atoms with E-state index >= 15 is 0 Å². The third-order valence-electron chi connectivity index (χ3n) is 1.90. The average Bonchev–Trinajstić information content (AvgIpc) is 2.89. The third kappa shape index (κ3) is 2.87. The molecule has 2 heterocycles. The maximum Gasteiger partial charge on any atom is 0.323 e. The SMILES string of the molecule is CNc1nc(OCC(F)F)nc(-n2ccnc2)n1. The summed E-state index contributed by atoms with van der Waals surface area (Å²) in [7, 11) is 1.60. The van der Waals surface area contributed by atoms with Crippen LogP contribution >= 0.6 is 0 Å². The van der Waals surface area contributed by atoms with Gasteiger partial charge in [-0.3, -0.25) is 4.57 Å². The van der Waals surface area contributed by atoms with Crippen LogP contribution in [0.4, 0.5) is 14.7 Å². The van der Waals surface area contributed by atoms with Gasteiger partial charge in [0.2, 0.25) is 11.9 Å². The number of nitrogens with one attached hydrogen (secondary N) is 1. The molecule has 1 N–H and O–H groups in total. The van der Waals surface area contributed by atoms with Crippen LogP contribution in [-0.2, 0) is 0 Å². The molecule has 0 saturated heterocycles. The maximum absolute atomic E-state index is 12.0. The van der Waals surface area contributed by atoms with E-state index in [0.717, 1.165) is 0 Å². The van der Waals surface area contributed by atoms with Crippen molar-refractivity contribution >= 4 is 5.95 Å². The molecule has 7 nitrogen and oxygen atoms in total. The fraction of sp³-hybridized carbons (Fsp3) is 0.333. The zero-order valence-corrected chi connectivity index (χ0v) is 9.42. The molecular weight excluding hydrogens is 246 g/mol. The number of anilines is 1. The van der Waals surface area contributed by atoms with E-state index in [4.69, 9.17) is 4.74 Å². The smallest absolute Gasteiger partial charge is 0.323 e. The Morgan fingerprint density at radius 3 is 2.83 bits per heavy atom. The van der Waals surface area contributed by atoms with Gasteiger partial charge in [0.25, 0.3) is 6.43 Å². The van der Waals surface area contributed by atoms with Crippen molar-refractivity contribution in [3.05, 3.63) is 18.7 Å². The molecule has 0 spiro atoms. The number of nitrogens with zero attached hydrogens (tertiary/aromatic N) is 5. The molecule has 0 atom stereocenters. The Hall–Kier alpha value is -2.32. The first-order valence-electron chi connectivity index (χ1n) is 5.02. The molecular formula is C9H10F2N6O. The topological polar surface area (TPSA) is 77.8 Å². The van der Waals surface area contributed by atoms with Crippen LogP contribution in [0, 0.1) is 0 Å². The lowest BCUT2D eigenvalue weighted by molar-refractivity contribution is 0.0769. The summed E-state index contributed by atoms with van der Waals surface area (Å²) in [6.07, 6.45) is 2.05. The monoisotopic (exact) mass is 256 g/mol. The molecule has 0 aliphatic carbocycles. The zero-order valence-electron chi connectivity index (χ0n) is 9.42. The van der Waals surface area contributed by atoms with Gasteiger partial charge in [0.15, 0.2) is 6.61 Å². The van der Waals surface area contributed by atoms with Crippen LogP contribution in [-0.4, -0.2) is 44.6 Å². The minimum absolute atomic E-state index is 0.168. The Bertz CT molecular complexity index is 504. The van der Waals surface area contributed by atoms with Crippen molar-refractivity contribution in [1.82, 2.24) is 24.5 Å². The van der Waals surface area contributed by atoms with E-state index in [1.54, 1.807) is 19.4 Å². The standard InChI is InChI=1S/C9H10F2N6O/c1-12-7-14-8(17-3-2-13-5-17)16-9(15-7)18-4-6(10)11/h2-3,5-6H,4H2,1H3,(H,12,14,15,16). The van der Waals surface area contributed by atoms with E-state index in [1.807, 2.05) is 0 Å². The first kappa shape index (κ1) is 12.1. The fourth-order valence-electron chi connectivity index (χ4n) is 1.15. The first-order valence-corrected chi connectivity index (χ1v) is 5.02. The predicted molar refractivity (Wildman–Crippen MR) is 58.0 cm³/mol. The molecule has 0 aromatic carbocycles. The van der Waals surface area contributed by atoms with Gasteiger partial charge in [-0.05, 0) is 0 Å². The van der Waals surface area contributed by atoms with Crippen molar-refractivity contribution in [1.29, 1.82) is 0 Å². The van der Waals surface area contributed by atoms with Gasteiger partial charge in [-0.1, -0.05) is 0 Å². The molecule has 0 bridgehead atoms. The minimum atomic E-state index is -2.59. The van der Waals surface area contributed by atoms with Crippen molar-refractivity contribution in [2.75, 3.05) is 19.0 Å². The normalized spacial score (nSPS) is 10.7. The molecule has 0 aliphatic heterocycles. The molecule has 0 fully saturated rings. The van der Waals surface area contributed by atoms with Crippen LogP contribution in [0.15, 0.2) is 18.7 Å². The van der Waals surface area contributed by atoms with Crippen LogP contribution < -0.4 is 10.1 Å². The van der Waals surface area contributed by atoms with Crippen LogP contribution in [0.5, 0.6) is 6.01 Å². The van der Waals surface area contributed by atoms with Gasteiger partial charge in [0.05, 0.1) is 0 Å². The van der Waals surface area contributed by atoms with E-state index in [2.05, 4.69) is 25.3 Å². The molecule has 2 aromatic rings. The van der Waals surface area contributed by atoms with Gasteiger partial charge in [0.1, 0.15) is 6.33 Å². The number of aromatic nitrogens is 5. The zero-order chi connectivity index (χ0) is 13.0. The van der Waals surface area contributed by atoms with Gasteiger partial charge < -0.3 is 10.1 Å². The van der Waals surface area contributed by atoms with Crippen molar-refractivity contribution in [2.45, 2.75) is 6.43 Å². The first-order chi connectivity index (χ1) is 8.69. The molecule has 2 aromatic heterocycles. The largest absolute Gasteiger partial charge is 0.457 e. The highest BCUT2D eigenvalue weighted by Gasteiger charge is 2.10. The lowest BCUT2D eigenvalue weighted by Gasteiger charge is -2.07. The third-order valence-corrected chi connectivity index (χ3v) is 1.90. The van der Waals surface area contributed by atoms with Crippen molar-refractivity contribution in [3.63, 3.8) is 0 Å². The van der Waals surface area contributed by atoms with Gasteiger partial charge in [-0.2, -0.15) is 15.0 Å². The molecule has 2 rings (SSSR count). The van der Waals surface area contributed by atoms with Gasteiger partial charge in [0, 0.05) is 19.4 Å². The number of imidazole rings is 1. The molecule has 0 amide bonds. The Morgan fingerprint density at radius 2 is 2.22 bits per heavy atom. The molecule has 18 heavy (non-hydrogen) atoms. The summed E-state index contributed by atoms with van der Waals surface area (Å²) in [6.45, 7) is -0.767. The summed E-state index contributed by atoms with van der Waals surface area (Å²) >= 11 is 0. The van der Waals surface area contributed by atoms with Crippen LogP contribution in [0.1, 0.15) is 0 Å². The summed E-state index contributed by atoms with van der Waals surface area (Å²) in [4.78, 5) is 15.6. The number of rotatable bonds is 5. The number of ether oxygens (including phenoxy) is 1. The molecule has 96 valence electrons. The summed E-state index contributed by atoms with van der Waals surface area (Å²) < 4.78 is 30.4. The Morgan fingerprint density at radius 1 is 1.39 bits per heavy atom. The number of hydrogen-bond acceptors (Lipinski definition) is 6. The summed E-state index contributed by atoms with van der Waals surface area (Å²) in [5.74, 6) is 0.453. The number of halogens is 2. The van der Waals surface area contributed by atoms with Crippen molar-refractivity contribution in [3.8, 4) is 12.0 Å². The van der Waals surface area contributed by atoms with Crippen molar-refractivity contribution in [2.24, 2.45) is 0 Å². The maximum atomic E-state index is 12.0. The number of alkyl halides is 2. The van der Waals surface area contributed by atoms with Gasteiger partial charge >= 0.3 is 6.01 Å². The highest BCUT2D eigenvalue weighted by molar-refractivity contribution is 5.29. The molecule has 0 unspecified atom stereocenters. The second-order valence-corrected chi connectivity index (χ2v) is 3.16. The number of hydrogen-bond donors (Lipinski definition) is 1. The van der Waals surface area contributed by atoms with Gasteiger partial charge in [-0.15, -0.1) is 0 Å². The van der Waals surface area contributed by atoms with E-state index in [0.29, 0.717) is 0 Å². The molecule has 0 saturated carbocycles. The molecule has 0 aliphatic rings. The Labute approximate surface area is 101 Å². The van der Waals surface area contributed by atoms with Crippen LogP contribution in [0.3, 0.4) is 0 Å². The van der Waals surface area contributed by atoms with Crippen molar-refractivity contribution < 1.29 is 13.5 Å². The van der Waals surface area contributed by atoms with E-state index in [1.165, 1.54) is 10.9 Å².